The maximum atomic E-state index is 12.9. The van der Waals surface area contributed by atoms with Crippen molar-refractivity contribution < 1.29 is 14.3 Å². The van der Waals surface area contributed by atoms with Gasteiger partial charge in [0.2, 0.25) is 0 Å². The number of rotatable bonds is 4. The standard InChI is InChI=1S/C11H12FNO2/c1-7-5-9(3-4-10(7)12)13-6-8(2)11(14)15/h3-5,13H,2,6H2,1H3,(H,14,15). The lowest BCUT2D eigenvalue weighted by Crippen LogP contribution is -2.11. The van der Waals surface area contributed by atoms with E-state index >= 15 is 0 Å². The minimum atomic E-state index is -1.04. The van der Waals surface area contributed by atoms with Crippen LogP contribution in [0.5, 0.6) is 0 Å². The minimum Gasteiger partial charge on any atom is -0.478 e. The third-order valence-electron chi connectivity index (χ3n) is 1.97. The Morgan fingerprint density at radius 3 is 2.80 bits per heavy atom. The van der Waals surface area contributed by atoms with Crippen LogP contribution in [-0.4, -0.2) is 17.6 Å². The average Bonchev–Trinajstić information content (AvgIpc) is 2.19. The molecule has 1 rings (SSSR count). The second-order valence-corrected chi connectivity index (χ2v) is 3.23. The smallest absolute Gasteiger partial charge is 0.332 e. The van der Waals surface area contributed by atoms with E-state index in [1.54, 1.807) is 19.1 Å². The molecule has 1 aromatic rings. The number of aryl methyl sites for hydroxylation is 1. The van der Waals surface area contributed by atoms with Gasteiger partial charge >= 0.3 is 5.97 Å². The average molecular weight is 209 g/mol. The highest BCUT2D eigenvalue weighted by molar-refractivity contribution is 5.86. The number of benzene rings is 1. The molecule has 0 aromatic heterocycles. The highest BCUT2D eigenvalue weighted by Gasteiger charge is 2.04. The van der Waals surface area contributed by atoms with Crippen molar-refractivity contribution >= 4 is 11.7 Å². The van der Waals surface area contributed by atoms with E-state index in [0.717, 1.165) is 0 Å². The molecule has 0 amide bonds. The van der Waals surface area contributed by atoms with Gasteiger partial charge < -0.3 is 10.4 Å². The summed E-state index contributed by atoms with van der Waals surface area (Å²) in [5, 5.41) is 11.4. The van der Waals surface area contributed by atoms with Crippen molar-refractivity contribution in [2.45, 2.75) is 6.92 Å². The van der Waals surface area contributed by atoms with Crippen molar-refractivity contribution in [3.8, 4) is 0 Å². The largest absolute Gasteiger partial charge is 0.478 e. The maximum absolute atomic E-state index is 12.9. The van der Waals surface area contributed by atoms with Crippen LogP contribution in [0.4, 0.5) is 10.1 Å². The van der Waals surface area contributed by atoms with Gasteiger partial charge in [0.25, 0.3) is 0 Å². The fraction of sp³-hybridized carbons (Fsp3) is 0.182. The third-order valence-corrected chi connectivity index (χ3v) is 1.97. The summed E-state index contributed by atoms with van der Waals surface area (Å²) in [6.45, 7) is 5.16. The number of carbonyl (C=O) groups is 1. The van der Waals surface area contributed by atoms with Crippen LogP contribution < -0.4 is 5.32 Å². The third kappa shape index (κ3) is 3.09. The second-order valence-electron chi connectivity index (χ2n) is 3.23. The summed E-state index contributed by atoms with van der Waals surface area (Å²) in [7, 11) is 0. The highest BCUT2D eigenvalue weighted by Crippen LogP contribution is 2.13. The Labute approximate surface area is 87.2 Å². The molecular weight excluding hydrogens is 197 g/mol. The van der Waals surface area contributed by atoms with Crippen LogP contribution in [0.15, 0.2) is 30.4 Å². The van der Waals surface area contributed by atoms with Crippen molar-refractivity contribution in [1.82, 2.24) is 0 Å². The number of carboxylic acid groups (broad SMARTS) is 1. The lowest BCUT2D eigenvalue weighted by atomic mass is 10.2. The maximum Gasteiger partial charge on any atom is 0.332 e. The fourth-order valence-electron chi connectivity index (χ4n) is 1.04. The van der Waals surface area contributed by atoms with Crippen LogP contribution >= 0.6 is 0 Å². The number of nitrogens with one attached hydrogen (secondary N) is 1. The van der Waals surface area contributed by atoms with E-state index in [4.69, 9.17) is 5.11 Å². The molecule has 2 N–H and O–H groups in total. The van der Waals surface area contributed by atoms with Crippen LogP contribution in [0.25, 0.3) is 0 Å². The first-order valence-corrected chi connectivity index (χ1v) is 4.42. The molecule has 4 heteroatoms. The SMILES string of the molecule is C=C(CNc1ccc(F)c(C)c1)C(=O)O. The van der Waals surface area contributed by atoms with Gasteiger partial charge in [-0.05, 0) is 30.7 Å². The molecule has 0 aliphatic carbocycles. The molecule has 0 saturated carbocycles. The molecule has 0 heterocycles. The normalized spacial score (nSPS) is 9.73. The number of anilines is 1. The van der Waals surface area contributed by atoms with Crippen molar-refractivity contribution in [2.24, 2.45) is 0 Å². The first-order valence-electron chi connectivity index (χ1n) is 4.42. The Bertz CT molecular complexity index is 402. The first-order chi connectivity index (χ1) is 7.00. The molecule has 0 atom stereocenters. The molecule has 15 heavy (non-hydrogen) atoms. The minimum absolute atomic E-state index is 0.0666. The second kappa shape index (κ2) is 4.59. The van der Waals surface area contributed by atoms with Crippen LogP contribution in [0.1, 0.15) is 5.56 Å². The Morgan fingerprint density at radius 2 is 2.27 bits per heavy atom. The molecule has 0 radical (unpaired) electrons. The van der Waals surface area contributed by atoms with E-state index in [9.17, 15) is 9.18 Å². The summed E-state index contributed by atoms with van der Waals surface area (Å²) >= 11 is 0. The first kappa shape index (κ1) is 11.2. The molecule has 1 aromatic carbocycles. The van der Waals surface area contributed by atoms with Crippen LogP contribution in [-0.2, 0) is 4.79 Å². The Hall–Kier alpha value is -1.84. The zero-order chi connectivity index (χ0) is 11.4. The van der Waals surface area contributed by atoms with E-state index in [0.29, 0.717) is 11.3 Å². The number of carboxylic acids is 1. The lowest BCUT2D eigenvalue weighted by Gasteiger charge is -2.07. The molecule has 0 saturated heterocycles. The van der Waals surface area contributed by atoms with Crippen LogP contribution in [0, 0.1) is 12.7 Å². The quantitative estimate of drug-likeness (QED) is 0.747. The van der Waals surface area contributed by atoms with Crippen molar-refractivity contribution in [2.75, 3.05) is 11.9 Å². The zero-order valence-corrected chi connectivity index (χ0v) is 8.38. The van der Waals surface area contributed by atoms with Crippen molar-refractivity contribution in [3.63, 3.8) is 0 Å². The Balaban J connectivity index is 2.62. The van der Waals surface area contributed by atoms with Gasteiger partial charge in [-0.25, -0.2) is 9.18 Å². The van der Waals surface area contributed by atoms with Gasteiger partial charge in [-0.3, -0.25) is 0 Å². The Morgan fingerprint density at radius 1 is 1.60 bits per heavy atom. The molecule has 3 nitrogen and oxygen atoms in total. The predicted octanol–water partition coefficient (Wildman–Crippen LogP) is 2.19. The number of hydrogen-bond donors (Lipinski definition) is 2. The summed E-state index contributed by atoms with van der Waals surface area (Å²) in [5.41, 5.74) is 1.26. The summed E-state index contributed by atoms with van der Waals surface area (Å²) in [5.74, 6) is -1.32. The summed E-state index contributed by atoms with van der Waals surface area (Å²) < 4.78 is 12.9. The zero-order valence-electron chi connectivity index (χ0n) is 8.38. The van der Waals surface area contributed by atoms with E-state index < -0.39 is 5.97 Å². The van der Waals surface area contributed by atoms with E-state index in [1.807, 2.05) is 0 Å². The van der Waals surface area contributed by atoms with Gasteiger partial charge in [0.05, 0.1) is 0 Å². The highest BCUT2D eigenvalue weighted by atomic mass is 19.1. The van der Waals surface area contributed by atoms with E-state index in [2.05, 4.69) is 11.9 Å². The van der Waals surface area contributed by atoms with Gasteiger partial charge in [0, 0.05) is 17.8 Å². The van der Waals surface area contributed by atoms with Crippen molar-refractivity contribution in [1.29, 1.82) is 0 Å². The van der Waals surface area contributed by atoms with Gasteiger partial charge in [0.1, 0.15) is 5.82 Å². The predicted molar refractivity (Wildman–Crippen MR) is 56.4 cm³/mol. The number of halogens is 1. The number of aliphatic carboxylic acids is 1. The molecule has 0 unspecified atom stereocenters. The van der Waals surface area contributed by atoms with Crippen molar-refractivity contribution in [3.05, 3.63) is 41.7 Å². The molecule has 0 fully saturated rings. The van der Waals surface area contributed by atoms with E-state index in [-0.39, 0.29) is 17.9 Å². The molecule has 0 spiro atoms. The molecular formula is C11H12FNO2. The number of hydrogen-bond acceptors (Lipinski definition) is 2. The van der Waals surface area contributed by atoms with Gasteiger partial charge in [-0.15, -0.1) is 0 Å². The molecule has 0 aliphatic rings. The molecule has 80 valence electrons. The van der Waals surface area contributed by atoms with Gasteiger partial charge in [0.15, 0.2) is 0 Å². The molecule has 0 aliphatic heterocycles. The monoisotopic (exact) mass is 209 g/mol. The van der Waals surface area contributed by atoms with E-state index in [1.165, 1.54) is 6.07 Å². The van der Waals surface area contributed by atoms with Gasteiger partial charge in [-0.1, -0.05) is 6.58 Å². The van der Waals surface area contributed by atoms with Crippen LogP contribution in [0.2, 0.25) is 0 Å². The fourth-order valence-corrected chi connectivity index (χ4v) is 1.04. The van der Waals surface area contributed by atoms with Gasteiger partial charge in [-0.2, -0.15) is 0 Å². The summed E-state index contributed by atoms with van der Waals surface area (Å²) in [4.78, 5) is 10.4. The topological polar surface area (TPSA) is 49.3 Å². The molecule has 0 bridgehead atoms. The van der Waals surface area contributed by atoms with Crippen LogP contribution in [0.3, 0.4) is 0 Å². The summed E-state index contributed by atoms with van der Waals surface area (Å²) in [6.07, 6.45) is 0. The summed E-state index contributed by atoms with van der Waals surface area (Å²) in [6, 6.07) is 4.50. The Kier molecular flexibility index (Phi) is 3.44. The lowest BCUT2D eigenvalue weighted by molar-refractivity contribution is -0.132.